The van der Waals surface area contributed by atoms with Gasteiger partial charge in [-0.15, -0.1) is 4.91 Å². The minimum Gasteiger partial charge on any atom is -0.393 e. The van der Waals surface area contributed by atoms with Crippen LogP contribution < -0.4 is 0 Å². The van der Waals surface area contributed by atoms with E-state index in [2.05, 4.69) is 5.29 Å². The highest BCUT2D eigenvalue weighted by Crippen LogP contribution is 2.20. The Bertz CT molecular complexity index is 130. The number of hydrogen-bond donors (Lipinski definition) is 1. The van der Waals surface area contributed by atoms with Crippen LogP contribution >= 0.6 is 0 Å². The summed E-state index contributed by atoms with van der Waals surface area (Å²) in [5.74, 6) is 0.355. The van der Waals surface area contributed by atoms with Crippen LogP contribution in [0.2, 0.25) is 0 Å². The van der Waals surface area contributed by atoms with Crippen molar-refractivity contribution in [2.75, 3.05) is 13.1 Å². The molecule has 0 aromatic rings. The SMILES string of the molecule is CC(O)C1CCN(N=O)CC1. The van der Waals surface area contributed by atoms with Crippen molar-refractivity contribution >= 4 is 0 Å². The third-order valence-electron chi connectivity index (χ3n) is 2.31. The molecule has 0 aromatic carbocycles. The predicted octanol–water partition coefficient (Wildman–Crippen LogP) is 0.761. The molecule has 0 bridgehead atoms. The zero-order valence-electron chi connectivity index (χ0n) is 6.73. The molecular formula is C7H14N2O2. The Balaban J connectivity index is 2.29. The molecule has 1 aliphatic rings. The lowest BCUT2D eigenvalue weighted by Crippen LogP contribution is -2.33. The van der Waals surface area contributed by atoms with Crippen molar-refractivity contribution in [3.05, 3.63) is 4.91 Å². The van der Waals surface area contributed by atoms with E-state index >= 15 is 0 Å². The van der Waals surface area contributed by atoms with Gasteiger partial charge in [0.1, 0.15) is 0 Å². The fraction of sp³-hybridized carbons (Fsp3) is 1.00. The van der Waals surface area contributed by atoms with E-state index < -0.39 is 0 Å². The molecule has 64 valence electrons. The first-order valence-electron chi connectivity index (χ1n) is 4.00. The summed E-state index contributed by atoms with van der Waals surface area (Å²) in [7, 11) is 0. The van der Waals surface area contributed by atoms with Crippen molar-refractivity contribution in [2.24, 2.45) is 11.2 Å². The highest BCUT2D eigenvalue weighted by molar-refractivity contribution is 4.73. The van der Waals surface area contributed by atoms with E-state index in [1.54, 1.807) is 6.92 Å². The lowest BCUT2D eigenvalue weighted by Gasteiger charge is -2.29. The summed E-state index contributed by atoms with van der Waals surface area (Å²) >= 11 is 0. The van der Waals surface area contributed by atoms with Gasteiger partial charge in [-0.25, -0.2) is 0 Å². The monoisotopic (exact) mass is 158 g/mol. The van der Waals surface area contributed by atoms with E-state index in [4.69, 9.17) is 0 Å². The molecule has 11 heavy (non-hydrogen) atoms. The number of nitrogens with zero attached hydrogens (tertiary/aromatic N) is 2. The van der Waals surface area contributed by atoms with Crippen LogP contribution in [-0.4, -0.2) is 29.3 Å². The maximum absolute atomic E-state index is 10.0. The van der Waals surface area contributed by atoms with Crippen LogP contribution in [-0.2, 0) is 0 Å². The molecule has 1 unspecified atom stereocenters. The molecule has 1 atom stereocenters. The van der Waals surface area contributed by atoms with E-state index in [9.17, 15) is 10.0 Å². The third-order valence-corrected chi connectivity index (χ3v) is 2.31. The van der Waals surface area contributed by atoms with E-state index in [1.807, 2.05) is 0 Å². The van der Waals surface area contributed by atoms with Gasteiger partial charge in [-0.2, -0.15) is 0 Å². The summed E-state index contributed by atoms with van der Waals surface area (Å²) in [6, 6.07) is 0. The van der Waals surface area contributed by atoms with Gasteiger partial charge in [0.15, 0.2) is 0 Å². The first-order chi connectivity index (χ1) is 5.24. The minimum atomic E-state index is -0.246. The van der Waals surface area contributed by atoms with Crippen LogP contribution in [0.3, 0.4) is 0 Å². The number of nitroso groups, excluding NO2 is 1. The van der Waals surface area contributed by atoms with Gasteiger partial charge in [0.25, 0.3) is 0 Å². The maximum atomic E-state index is 10.0. The average Bonchev–Trinajstić information content (AvgIpc) is 2.05. The molecule has 1 N–H and O–H groups in total. The van der Waals surface area contributed by atoms with Crippen molar-refractivity contribution in [3.63, 3.8) is 0 Å². The van der Waals surface area contributed by atoms with Crippen molar-refractivity contribution in [2.45, 2.75) is 25.9 Å². The zero-order chi connectivity index (χ0) is 8.27. The molecule has 1 rings (SSSR count). The van der Waals surface area contributed by atoms with Crippen molar-refractivity contribution < 1.29 is 5.11 Å². The highest BCUT2D eigenvalue weighted by atomic mass is 16.3. The Labute approximate surface area is 66.1 Å². The normalized spacial score (nSPS) is 23.3. The topological polar surface area (TPSA) is 52.9 Å². The smallest absolute Gasteiger partial charge is 0.0541 e. The first-order valence-corrected chi connectivity index (χ1v) is 4.00. The summed E-state index contributed by atoms with van der Waals surface area (Å²) in [5.41, 5.74) is 0. The van der Waals surface area contributed by atoms with Gasteiger partial charge >= 0.3 is 0 Å². The Kier molecular flexibility index (Phi) is 2.82. The van der Waals surface area contributed by atoms with Gasteiger partial charge < -0.3 is 5.11 Å². The standard InChI is InChI=1S/C7H14N2O2/c1-6(10)7-2-4-9(8-11)5-3-7/h6-7,10H,2-5H2,1H3. The quantitative estimate of drug-likeness (QED) is 0.603. The fourth-order valence-electron chi connectivity index (χ4n) is 1.45. The fourth-order valence-corrected chi connectivity index (χ4v) is 1.45. The highest BCUT2D eigenvalue weighted by Gasteiger charge is 2.21. The Hall–Kier alpha value is -0.640. The van der Waals surface area contributed by atoms with Gasteiger partial charge in [0.05, 0.1) is 11.4 Å². The molecule has 0 aromatic heterocycles. The Morgan fingerprint density at radius 3 is 2.45 bits per heavy atom. The molecule has 1 aliphatic heterocycles. The largest absolute Gasteiger partial charge is 0.393 e. The number of aliphatic hydroxyl groups is 1. The molecule has 1 saturated heterocycles. The van der Waals surface area contributed by atoms with Gasteiger partial charge in [-0.1, -0.05) is 0 Å². The molecule has 0 aliphatic carbocycles. The van der Waals surface area contributed by atoms with Crippen LogP contribution in [0.5, 0.6) is 0 Å². The number of piperidine rings is 1. The molecule has 0 saturated carbocycles. The molecular weight excluding hydrogens is 144 g/mol. The van der Waals surface area contributed by atoms with E-state index in [0.717, 1.165) is 12.8 Å². The van der Waals surface area contributed by atoms with E-state index in [0.29, 0.717) is 19.0 Å². The Morgan fingerprint density at radius 1 is 1.55 bits per heavy atom. The molecule has 4 nitrogen and oxygen atoms in total. The second-order valence-corrected chi connectivity index (χ2v) is 3.11. The number of rotatable bonds is 2. The molecule has 1 fully saturated rings. The minimum absolute atomic E-state index is 0.246. The van der Waals surface area contributed by atoms with Gasteiger partial charge in [-0.3, -0.25) is 5.01 Å². The second-order valence-electron chi connectivity index (χ2n) is 3.11. The second kappa shape index (κ2) is 3.67. The average molecular weight is 158 g/mol. The third kappa shape index (κ3) is 2.15. The zero-order valence-corrected chi connectivity index (χ0v) is 6.73. The van der Waals surface area contributed by atoms with Gasteiger partial charge in [-0.05, 0) is 25.7 Å². The van der Waals surface area contributed by atoms with Crippen LogP contribution in [0.4, 0.5) is 0 Å². The molecule has 1 heterocycles. The summed E-state index contributed by atoms with van der Waals surface area (Å²) in [6.45, 7) is 3.19. The summed E-state index contributed by atoms with van der Waals surface area (Å²) < 4.78 is 0. The van der Waals surface area contributed by atoms with Crippen molar-refractivity contribution in [1.82, 2.24) is 5.01 Å². The van der Waals surface area contributed by atoms with Crippen LogP contribution in [0.15, 0.2) is 5.29 Å². The molecule has 0 amide bonds. The number of aliphatic hydroxyl groups excluding tert-OH is 1. The van der Waals surface area contributed by atoms with Crippen LogP contribution in [0.1, 0.15) is 19.8 Å². The van der Waals surface area contributed by atoms with Crippen LogP contribution in [0.25, 0.3) is 0 Å². The van der Waals surface area contributed by atoms with Gasteiger partial charge in [0.2, 0.25) is 0 Å². The van der Waals surface area contributed by atoms with Crippen molar-refractivity contribution in [3.8, 4) is 0 Å². The first kappa shape index (κ1) is 8.46. The lowest BCUT2D eigenvalue weighted by molar-refractivity contribution is 0.0724. The van der Waals surface area contributed by atoms with E-state index in [1.165, 1.54) is 5.01 Å². The molecule has 0 radical (unpaired) electrons. The number of hydrogen-bond acceptors (Lipinski definition) is 3. The predicted molar refractivity (Wildman–Crippen MR) is 41.8 cm³/mol. The van der Waals surface area contributed by atoms with E-state index in [-0.39, 0.29) is 6.10 Å². The Morgan fingerprint density at radius 2 is 2.09 bits per heavy atom. The molecule has 0 spiro atoms. The summed E-state index contributed by atoms with van der Waals surface area (Å²) in [5, 5.41) is 13.6. The summed E-state index contributed by atoms with van der Waals surface area (Å²) in [4.78, 5) is 10.0. The summed E-state index contributed by atoms with van der Waals surface area (Å²) in [6.07, 6.45) is 1.51. The molecule has 4 heteroatoms. The lowest BCUT2D eigenvalue weighted by atomic mass is 9.93. The maximum Gasteiger partial charge on any atom is 0.0541 e. The van der Waals surface area contributed by atoms with Crippen molar-refractivity contribution in [1.29, 1.82) is 0 Å². The van der Waals surface area contributed by atoms with Crippen LogP contribution in [0, 0.1) is 10.8 Å². The van der Waals surface area contributed by atoms with Gasteiger partial charge in [0, 0.05) is 13.1 Å².